The highest BCUT2D eigenvalue weighted by molar-refractivity contribution is 7.86. The summed E-state index contributed by atoms with van der Waals surface area (Å²) in [6.45, 7) is 2.39. The second-order valence-corrected chi connectivity index (χ2v) is 4.90. The summed E-state index contributed by atoms with van der Waals surface area (Å²) in [4.78, 5) is 0.0494. The molecule has 84 valence electrons. The van der Waals surface area contributed by atoms with Crippen LogP contribution in [0.3, 0.4) is 0 Å². The van der Waals surface area contributed by atoms with Gasteiger partial charge in [0.05, 0.1) is 4.90 Å². The van der Waals surface area contributed by atoms with E-state index in [2.05, 4.69) is 4.18 Å². The normalized spacial score (nSPS) is 13.8. The molecule has 1 rings (SSSR count). The lowest BCUT2D eigenvalue weighted by molar-refractivity contribution is 0.189. The Morgan fingerprint density at radius 3 is 2.33 bits per heavy atom. The highest BCUT2D eigenvalue weighted by Gasteiger charge is 2.18. The minimum absolute atomic E-state index is 0.0494. The van der Waals surface area contributed by atoms with E-state index < -0.39 is 22.9 Å². The van der Waals surface area contributed by atoms with Gasteiger partial charge in [0.1, 0.15) is 12.8 Å². The topological polar surface area (TPSA) is 43.4 Å². The summed E-state index contributed by atoms with van der Waals surface area (Å²) in [6, 6.07) is 6.21. The van der Waals surface area contributed by atoms with Gasteiger partial charge in [-0.15, -0.1) is 0 Å². The van der Waals surface area contributed by atoms with Gasteiger partial charge in [0.25, 0.3) is 10.1 Å². The van der Waals surface area contributed by atoms with Crippen molar-refractivity contribution in [1.82, 2.24) is 0 Å². The summed E-state index contributed by atoms with van der Waals surface area (Å²) in [7, 11) is -3.83. The molecule has 1 aromatic rings. The Bertz CT molecular complexity index is 411. The predicted octanol–water partition coefficient (Wildman–Crippen LogP) is 2.06. The number of hydrogen-bond acceptors (Lipinski definition) is 3. The molecule has 3 nitrogen and oxygen atoms in total. The molecule has 0 aliphatic rings. The molecule has 0 N–H and O–H groups in total. The fourth-order valence-corrected chi connectivity index (χ4v) is 2.07. The van der Waals surface area contributed by atoms with E-state index in [0.717, 1.165) is 5.56 Å². The van der Waals surface area contributed by atoms with Crippen molar-refractivity contribution >= 4 is 10.1 Å². The van der Waals surface area contributed by atoms with Gasteiger partial charge in [0, 0.05) is 0 Å². The maximum Gasteiger partial charge on any atom is 0.297 e. The lowest BCUT2D eigenvalue weighted by atomic mass is 10.2. The molecule has 0 fully saturated rings. The third-order valence-corrected chi connectivity index (χ3v) is 3.25. The maximum absolute atomic E-state index is 12.1. The zero-order chi connectivity index (χ0) is 11.5. The smallest absolute Gasteiger partial charge is 0.261 e. The van der Waals surface area contributed by atoms with Crippen LogP contribution in [0, 0.1) is 6.92 Å². The molecule has 0 heterocycles. The third kappa shape index (κ3) is 3.28. The first-order valence-corrected chi connectivity index (χ1v) is 5.92. The van der Waals surface area contributed by atoms with Gasteiger partial charge in [0.15, 0.2) is 0 Å². The number of alkyl halides is 1. The molecule has 0 aliphatic heterocycles. The predicted molar refractivity (Wildman–Crippen MR) is 54.9 cm³/mol. The highest BCUT2D eigenvalue weighted by atomic mass is 32.2. The molecule has 0 saturated carbocycles. The van der Waals surface area contributed by atoms with E-state index >= 15 is 0 Å². The average Bonchev–Trinajstić information content (AvgIpc) is 2.17. The molecule has 0 aromatic heterocycles. The van der Waals surface area contributed by atoms with Crippen LogP contribution in [-0.2, 0) is 14.3 Å². The summed E-state index contributed by atoms with van der Waals surface area (Å²) < 4.78 is 39.8. The van der Waals surface area contributed by atoms with E-state index in [1.165, 1.54) is 19.1 Å². The van der Waals surface area contributed by atoms with Crippen LogP contribution in [0.1, 0.15) is 12.5 Å². The van der Waals surface area contributed by atoms with E-state index in [1.54, 1.807) is 12.1 Å². The first kappa shape index (κ1) is 12.1. The lowest BCUT2D eigenvalue weighted by Crippen LogP contribution is -2.17. The largest absolute Gasteiger partial charge is 0.297 e. The van der Waals surface area contributed by atoms with Crippen LogP contribution in [0.4, 0.5) is 4.39 Å². The van der Waals surface area contributed by atoms with Crippen molar-refractivity contribution in [2.45, 2.75) is 24.8 Å². The number of rotatable bonds is 4. The number of hydrogen-bond donors (Lipinski definition) is 0. The van der Waals surface area contributed by atoms with Crippen LogP contribution >= 0.6 is 0 Å². The van der Waals surface area contributed by atoms with E-state index in [4.69, 9.17) is 0 Å². The average molecular weight is 232 g/mol. The molecule has 0 saturated heterocycles. The number of aryl methyl sites for hydroxylation is 1. The fraction of sp³-hybridized carbons (Fsp3) is 0.400. The van der Waals surface area contributed by atoms with Crippen LogP contribution < -0.4 is 0 Å². The molecule has 0 spiro atoms. The summed E-state index contributed by atoms with van der Waals surface area (Å²) in [5.41, 5.74) is 0.951. The number of benzene rings is 1. The van der Waals surface area contributed by atoms with E-state index in [0.29, 0.717) is 0 Å². The molecule has 0 amide bonds. The van der Waals surface area contributed by atoms with Crippen molar-refractivity contribution in [3.63, 3.8) is 0 Å². The molecule has 15 heavy (non-hydrogen) atoms. The van der Waals surface area contributed by atoms with Crippen LogP contribution in [0.5, 0.6) is 0 Å². The molecule has 0 bridgehead atoms. The number of halogens is 1. The van der Waals surface area contributed by atoms with Crippen molar-refractivity contribution in [3.05, 3.63) is 29.8 Å². The fourth-order valence-electron chi connectivity index (χ4n) is 1.00. The van der Waals surface area contributed by atoms with Crippen LogP contribution in [0.2, 0.25) is 0 Å². The molecule has 1 unspecified atom stereocenters. The van der Waals surface area contributed by atoms with Crippen LogP contribution in [-0.4, -0.2) is 21.2 Å². The molecular weight excluding hydrogens is 219 g/mol. The Balaban J connectivity index is 2.91. The highest BCUT2D eigenvalue weighted by Crippen LogP contribution is 2.14. The zero-order valence-electron chi connectivity index (χ0n) is 8.60. The Kier molecular flexibility index (Phi) is 3.82. The van der Waals surface area contributed by atoms with Gasteiger partial charge in [-0.25, -0.2) is 4.39 Å². The molecule has 0 aliphatic carbocycles. The third-order valence-electron chi connectivity index (χ3n) is 1.82. The van der Waals surface area contributed by atoms with Crippen LogP contribution in [0.15, 0.2) is 29.2 Å². The summed E-state index contributed by atoms with van der Waals surface area (Å²) in [5, 5.41) is 0. The van der Waals surface area contributed by atoms with Gasteiger partial charge < -0.3 is 0 Å². The summed E-state index contributed by atoms with van der Waals surface area (Å²) >= 11 is 0. The van der Waals surface area contributed by atoms with Crippen molar-refractivity contribution in [2.75, 3.05) is 6.67 Å². The van der Waals surface area contributed by atoms with Crippen molar-refractivity contribution in [2.24, 2.45) is 0 Å². The Morgan fingerprint density at radius 2 is 1.87 bits per heavy atom. The van der Waals surface area contributed by atoms with Gasteiger partial charge in [0.2, 0.25) is 0 Å². The van der Waals surface area contributed by atoms with Crippen molar-refractivity contribution in [3.8, 4) is 0 Å². The van der Waals surface area contributed by atoms with Gasteiger partial charge in [-0.2, -0.15) is 8.42 Å². The van der Waals surface area contributed by atoms with Gasteiger partial charge in [-0.1, -0.05) is 17.7 Å². The SMILES string of the molecule is Cc1ccc(S(=O)(=O)OC(C)CF)cc1. The standard InChI is InChI=1S/C10H13FO3S/c1-8-3-5-10(6-4-8)15(12,13)14-9(2)7-11/h3-6,9H,7H2,1-2H3. The molecule has 1 atom stereocenters. The van der Waals surface area contributed by atoms with E-state index in [-0.39, 0.29) is 4.90 Å². The van der Waals surface area contributed by atoms with Crippen molar-refractivity contribution in [1.29, 1.82) is 0 Å². The maximum atomic E-state index is 12.1. The molecule has 0 radical (unpaired) electrons. The van der Waals surface area contributed by atoms with Crippen LogP contribution in [0.25, 0.3) is 0 Å². The molecular formula is C10H13FO3S. The first-order chi connectivity index (χ1) is 6.95. The molecule has 1 aromatic carbocycles. The molecule has 5 heteroatoms. The Morgan fingerprint density at radius 1 is 1.33 bits per heavy atom. The van der Waals surface area contributed by atoms with Gasteiger partial charge in [-0.05, 0) is 26.0 Å². The van der Waals surface area contributed by atoms with Gasteiger partial charge >= 0.3 is 0 Å². The quantitative estimate of drug-likeness (QED) is 0.746. The first-order valence-electron chi connectivity index (χ1n) is 4.51. The summed E-state index contributed by atoms with van der Waals surface area (Å²) in [6.07, 6.45) is -0.948. The minimum atomic E-state index is -3.83. The Hall–Kier alpha value is -0.940. The van der Waals surface area contributed by atoms with Crippen molar-refractivity contribution < 1.29 is 17.0 Å². The second kappa shape index (κ2) is 4.72. The minimum Gasteiger partial charge on any atom is -0.261 e. The second-order valence-electron chi connectivity index (χ2n) is 3.33. The summed E-state index contributed by atoms with van der Waals surface area (Å²) in [5.74, 6) is 0. The van der Waals surface area contributed by atoms with E-state index in [9.17, 15) is 12.8 Å². The lowest BCUT2D eigenvalue weighted by Gasteiger charge is -2.09. The van der Waals surface area contributed by atoms with E-state index in [1.807, 2.05) is 6.92 Å². The Labute approximate surface area is 89.0 Å². The zero-order valence-corrected chi connectivity index (χ0v) is 9.42. The van der Waals surface area contributed by atoms with Gasteiger partial charge in [-0.3, -0.25) is 4.18 Å². The monoisotopic (exact) mass is 232 g/mol.